The first kappa shape index (κ1) is 20.0. The van der Waals surface area contributed by atoms with E-state index in [9.17, 15) is 4.79 Å². The van der Waals surface area contributed by atoms with Gasteiger partial charge < -0.3 is 9.30 Å². The molecule has 0 spiro atoms. The first-order valence-electron chi connectivity index (χ1n) is 9.36. The molecule has 1 fully saturated rings. The topological polar surface area (TPSA) is 52.3 Å². The molecule has 2 heterocycles. The number of likely N-dealkylation sites (tertiary alicyclic amines) is 1. The maximum Gasteiger partial charge on any atom is 0.309 e. The SMILES string of the molecule is CCOC(=O)C1CCN(Cn2nc(-c3ccc(Cl)cc3)n(CC)c2=S)CC1. The number of carbonyl (C=O) groups is 1. The molecule has 0 unspecified atom stereocenters. The third-order valence-electron chi connectivity index (χ3n) is 4.88. The normalized spacial score (nSPS) is 15.8. The first-order chi connectivity index (χ1) is 13.0. The highest BCUT2D eigenvalue weighted by Gasteiger charge is 2.26. The highest BCUT2D eigenvalue weighted by Crippen LogP contribution is 2.22. The van der Waals surface area contributed by atoms with Gasteiger partial charge in [0.25, 0.3) is 0 Å². The van der Waals surface area contributed by atoms with Crippen LogP contribution in [-0.4, -0.2) is 44.9 Å². The zero-order valence-electron chi connectivity index (χ0n) is 15.7. The van der Waals surface area contributed by atoms with Crippen LogP contribution in [0.25, 0.3) is 11.4 Å². The fourth-order valence-electron chi connectivity index (χ4n) is 3.39. The Morgan fingerprint density at radius 1 is 1.26 bits per heavy atom. The molecule has 8 heteroatoms. The van der Waals surface area contributed by atoms with Crippen LogP contribution in [0.1, 0.15) is 26.7 Å². The third kappa shape index (κ3) is 4.59. The van der Waals surface area contributed by atoms with Crippen molar-refractivity contribution in [1.82, 2.24) is 19.2 Å². The van der Waals surface area contributed by atoms with Gasteiger partial charge in [0.15, 0.2) is 10.6 Å². The molecule has 0 radical (unpaired) electrons. The van der Waals surface area contributed by atoms with E-state index in [1.807, 2.05) is 40.4 Å². The Balaban J connectivity index is 1.72. The van der Waals surface area contributed by atoms with Gasteiger partial charge in [-0.3, -0.25) is 9.69 Å². The molecule has 1 saturated heterocycles. The van der Waals surface area contributed by atoms with Gasteiger partial charge in [0.2, 0.25) is 0 Å². The van der Waals surface area contributed by atoms with Gasteiger partial charge in [0.1, 0.15) is 0 Å². The Bertz CT molecular complexity index is 838. The van der Waals surface area contributed by atoms with E-state index in [4.69, 9.17) is 33.7 Å². The van der Waals surface area contributed by atoms with Gasteiger partial charge in [0.05, 0.1) is 19.2 Å². The van der Waals surface area contributed by atoms with Crippen LogP contribution in [-0.2, 0) is 22.7 Å². The molecular weight excluding hydrogens is 384 g/mol. The molecule has 0 saturated carbocycles. The molecular formula is C19H25ClN4O2S. The molecule has 1 aliphatic rings. The maximum atomic E-state index is 11.9. The summed E-state index contributed by atoms with van der Waals surface area (Å²) in [5.41, 5.74) is 0.993. The van der Waals surface area contributed by atoms with Gasteiger partial charge in [-0.05, 0) is 63.2 Å². The van der Waals surface area contributed by atoms with Gasteiger partial charge >= 0.3 is 5.97 Å². The Kier molecular flexibility index (Phi) is 6.68. The molecule has 1 aliphatic heterocycles. The number of aromatic nitrogens is 3. The summed E-state index contributed by atoms with van der Waals surface area (Å²) in [5, 5.41) is 5.46. The Hall–Kier alpha value is -1.70. The van der Waals surface area contributed by atoms with E-state index < -0.39 is 0 Å². The summed E-state index contributed by atoms with van der Waals surface area (Å²) in [4.78, 5) is 14.2. The van der Waals surface area contributed by atoms with Crippen LogP contribution >= 0.6 is 23.8 Å². The van der Waals surface area contributed by atoms with Crippen LogP contribution in [0, 0.1) is 10.7 Å². The van der Waals surface area contributed by atoms with Crippen molar-refractivity contribution in [1.29, 1.82) is 0 Å². The molecule has 27 heavy (non-hydrogen) atoms. The zero-order valence-corrected chi connectivity index (χ0v) is 17.3. The summed E-state index contributed by atoms with van der Waals surface area (Å²) in [5.74, 6) is 0.779. The summed E-state index contributed by atoms with van der Waals surface area (Å²) in [6.45, 7) is 7.39. The van der Waals surface area contributed by atoms with Crippen LogP contribution < -0.4 is 0 Å². The number of halogens is 1. The second kappa shape index (κ2) is 8.99. The predicted molar refractivity (Wildman–Crippen MR) is 108 cm³/mol. The lowest BCUT2D eigenvalue weighted by Crippen LogP contribution is -2.38. The van der Waals surface area contributed by atoms with Crippen molar-refractivity contribution < 1.29 is 9.53 Å². The van der Waals surface area contributed by atoms with Gasteiger partial charge in [0, 0.05) is 30.2 Å². The number of benzene rings is 1. The summed E-state index contributed by atoms with van der Waals surface area (Å²) in [6, 6.07) is 7.64. The van der Waals surface area contributed by atoms with E-state index >= 15 is 0 Å². The molecule has 6 nitrogen and oxygen atoms in total. The summed E-state index contributed by atoms with van der Waals surface area (Å²) < 4.78 is 9.74. The van der Waals surface area contributed by atoms with E-state index in [2.05, 4.69) is 11.8 Å². The summed E-state index contributed by atoms with van der Waals surface area (Å²) in [6.07, 6.45) is 1.62. The Labute approximate surface area is 169 Å². The molecule has 146 valence electrons. The third-order valence-corrected chi connectivity index (χ3v) is 5.57. The zero-order chi connectivity index (χ0) is 19.4. The minimum Gasteiger partial charge on any atom is -0.466 e. The quantitative estimate of drug-likeness (QED) is 0.534. The standard InChI is InChI=1S/C19H25ClN4O2S/c1-3-23-17(14-5-7-16(20)8-6-14)21-24(19(23)27)13-22-11-9-15(10-12-22)18(25)26-4-2/h5-8,15H,3-4,9-13H2,1-2H3. The average molecular weight is 409 g/mol. The number of hydrogen-bond acceptors (Lipinski definition) is 5. The molecule has 0 atom stereocenters. The number of nitrogens with zero attached hydrogens (tertiary/aromatic N) is 4. The van der Waals surface area contributed by atoms with Crippen LogP contribution in [0.4, 0.5) is 0 Å². The van der Waals surface area contributed by atoms with Crippen molar-refractivity contribution in [3.8, 4) is 11.4 Å². The fraction of sp³-hybridized carbons (Fsp3) is 0.526. The number of esters is 1. The van der Waals surface area contributed by atoms with E-state index in [1.54, 1.807) is 0 Å². The van der Waals surface area contributed by atoms with Crippen molar-refractivity contribution in [2.75, 3.05) is 19.7 Å². The lowest BCUT2D eigenvalue weighted by molar-refractivity contribution is -0.149. The lowest BCUT2D eigenvalue weighted by atomic mass is 9.97. The molecule has 1 aromatic heterocycles. The van der Waals surface area contributed by atoms with Gasteiger partial charge in [-0.15, -0.1) is 0 Å². The van der Waals surface area contributed by atoms with Crippen LogP contribution in [0.5, 0.6) is 0 Å². The summed E-state index contributed by atoms with van der Waals surface area (Å²) >= 11 is 11.6. The second-order valence-electron chi connectivity index (χ2n) is 6.64. The van der Waals surface area contributed by atoms with E-state index in [1.165, 1.54) is 0 Å². The molecule has 1 aromatic carbocycles. The van der Waals surface area contributed by atoms with Gasteiger partial charge in [-0.2, -0.15) is 5.10 Å². The van der Waals surface area contributed by atoms with E-state index in [0.717, 1.165) is 43.9 Å². The van der Waals surface area contributed by atoms with Crippen LogP contribution in [0.15, 0.2) is 24.3 Å². The Morgan fingerprint density at radius 2 is 1.93 bits per heavy atom. The van der Waals surface area contributed by atoms with Crippen molar-refractivity contribution in [3.05, 3.63) is 34.1 Å². The molecule has 0 bridgehead atoms. The van der Waals surface area contributed by atoms with Gasteiger partial charge in [-0.1, -0.05) is 11.6 Å². The number of piperidine rings is 1. The average Bonchev–Trinajstić information content (AvgIpc) is 2.98. The minimum atomic E-state index is -0.0750. The highest BCUT2D eigenvalue weighted by molar-refractivity contribution is 7.71. The smallest absolute Gasteiger partial charge is 0.309 e. The van der Waals surface area contributed by atoms with Crippen molar-refractivity contribution >= 4 is 29.8 Å². The van der Waals surface area contributed by atoms with E-state index in [-0.39, 0.29) is 11.9 Å². The number of ether oxygens (including phenoxy) is 1. The predicted octanol–water partition coefficient (Wildman–Crippen LogP) is 3.99. The first-order valence-corrected chi connectivity index (χ1v) is 10.1. The van der Waals surface area contributed by atoms with Crippen molar-refractivity contribution in [2.24, 2.45) is 5.92 Å². The Morgan fingerprint density at radius 3 is 2.52 bits per heavy atom. The second-order valence-corrected chi connectivity index (χ2v) is 7.44. The molecule has 0 amide bonds. The fourth-order valence-corrected chi connectivity index (χ4v) is 3.83. The molecule has 2 aromatic rings. The minimum absolute atomic E-state index is 0.00648. The monoisotopic (exact) mass is 408 g/mol. The lowest BCUT2D eigenvalue weighted by Gasteiger charge is -2.30. The molecule has 0 N–H and O–H groups in total. The number of hydrogen-bond donors (Lipinski definition) is 0. The summed E-state index contributed by atoms with van der Waals surface area (Å²) in [7, 11) is 0. The van der Waals surface area contributed by atoms with Crippen LogP contribution in [0.2, 0.25) is 5.02 Å². The molecule has 3 rings (SSSR count). The maximum absolute atomic E-state index is 11.9. The van der Waals surface area contributed by atoms with E-state index in [0.29, 0.717) is 23.1 Å². The number of rotatable bonds is 6. The van der Waals surface area contributed by atoms with Gasteiger partial charge in [-0.25, -0.2) is 4.68 Å². The highest BCUT2D eigenvalue weighted by atomic mass is 35.5. The van der Waals surface area contributed by atoms with Crippen LogP contribution in [0.3, 0.4) is 0 Å². The molecule has 0 aliphatic carbocycles. The van der Waals surface area contributed by atoms with Crippen molar-refractivity contribution in [2.45, 2.75) is 39.9 Å². The number of carbonyl (C=O) groups excluding carboxylic acids is 1. The largest absolute Gasteiger partial charge is 0.466 e. The van der Waals surface area contributed by atoms with Crippen molar-refractivity contribution in [3.63, 3.8) is 0 Å².